The number of amides is 1. The van der Waals surface area contributed by atoms with Crippen LogP contribution < -0.4 is 11.1 Å². The summed E-state index contributed by atoms with van der Waals surface area (Å²) in [7, 11) is 1.72. The van der Waals surface area contributed by atoms with Crippen LogP contribution >= 0.6 is 0 Å². The van der Waals surface area contributed by atoms with Gasteiger partial charge in [-0.3, -0.25) is 4.79 Å². The molecule has 1 aliphatic rings. The highest BCUT2D eigenvalue weighted by Crippen LogP contribution is 2.34. The fourth-order valence-corrected chi connectivity index (χ4v) is 2.53. The van der Waals surface area contributed by atoms with E-state index in [4.69, 9.17) is 10.5 Å². The van der Waals surface area contributed by atoms with Crippen LogP contribution in [-0.4, -0.2) is 25.2 Å². The van der Waals surface area contributed by atoms with E-state index in [1.165, 1.54) is 6.42 Å². The molecule has 20 heavy (non-hydrogen) atoms. The van der Waals surface area contributed by atoms with Gasteiger partial charge in [-0.25, -0.2) is 0 Å². The summed E-state index contributed by atoms with van der Waals surface area (Å²) in [4.78, 5) is 11.9. The van der Waals surface area contributed by atoms with Crippen LogP contribution in [0.5, 0.6) is 0 Å². The van der Waals surface area contributed by atoms with Gasteiger partial charge in [-0.1, -0.05) is 30.3 Å². The smallest absolute Gasteiger partial charge is 0.220 e. The molecule has 1 aromatic carbocycles. The van der Waals surface area contributed by atoms with Gasteiger partial charge in [0.1, 0.15) is 0 Å². The number of rotatable bonds is 7. The SMILES string of the molecule is COC1(CNC(=O)CCC(N)c2ccccc2)CCC1. The van der Waals surface area contributed by atoms with Gasteiger partial charge in [-0.05, 0) is 31.2 Å². The lowest BCUT2D eigenvalue weighted by Gasteiger charge is -2.40. The van der Waals surface area contributed by atoms with Crippen molar-refractivity contribution in [1.82, 2.24) is 5.32 Å². The Balaban J connectivity index is 1.70. The molecule has 3 N–H and O–H groups in total. The summed E-state index contributed by atoms with van der Waals surface area (Å²) in [6.07, 6.45) is 4.37. The largest absolute Gasteiger partial charge is 0.376 e. The summed E-state index contributed by atoms with van der Waals surface area (Å²) in [6, 6.07) is 9.81. The van der Waals surface area contributed by atoms with Crippen LogP contribution in [0.4, 0.5) is 0 Å². The summed E-state index contributed by atoms with van der Waals surface area (Å²) < 4.78 is 5.48. The number of carbonyl (C=O) groups is 1. The predicted molar refractivity (Wildman–Crippen MR) is 79.2 cm³/mol. The van der Waals surface area contributed by atoms with Gasteiger partial charge in [0.15, 0.2) is 0 Å². The monoisotopic (exact) mass is 276 g/mol. The van der Waals surface area contributed by atoms with E-state index in [0.717, 1.165) is 18.4 Å². The molecule has 4 nitrogen and oxygen atoms in total. The van der Waals surface area contributed by atoms with E-state index in [9.17, 15) is 4.79 Å². The van der Waals surface area contributed by atoms with Gasteiger partial charge in [-0.2, -0.15) is 0 Å². The maximum atomic E-state index is 11.9. The van der Waals surface area contributed by atoms with E-state index < -0.39 is 0 Å². The standard InChI is InChI=1S/C16H24N2O2/c1-20-16(10-5-11-16)12-18-15(19)9-8-14(17)13-6-3-2-4-7-13/h2-4,6-7,14H,5,8-12,17H2,1H3,(H,18,19). The second-order valence-corrected chi connectivity index (χ2v) is 5.57. The van der Waals surface area contributed by atoms with Crippen molar-refractivity contribution < 1.29 is 9.53 Å². The Bertz CT molecular complexity index is 424. The highest BCUT2D eigenvalue weighted by molar-refractivity contribution is 5.76. The first kappa shape index (κ1) is 15.0. The molecule has 1 saturated carbocycles. The van der Waals surface area contributed by atoms with Crippen molar-refractivity contribution >= 4 is 5.91 Å². The molecule has 1 fully saturated rings. The van der Waals surface area contributed by atoms with Crippen LogP contribution in [-0.2, 0) is 9.53 Å². The van der Waals surface area contributed by atoms with E-state index >= 15 is 0 Å². The lowest BCUT2D eigenvalue weighted by molar-refractivity contribution is -0.125. The number of nitrogens with one attached hydrogen (secondary N) is 1. The number of benzene rings is 1. The van der Waals surface area contributed by atoms with Gasteiger partial charge in [0.25, 0.3) is 0 Å². The Kier molecular flexibility index (Phi) is 5.15. The van der Waals surface area contributed by atoms with Crippen molar-refractivity contribution in [2.75, 3.05) is 13.7 Å². The van der Waals surface area contributed by atoms with E-state index in [2.05, 4.69) is 5.32 Å². The van der Waals surface area contributed by atoms with Crippen molar-refractivity contribution in [2.45, 2.75) is 43.7 Å². The Morgan fingerprint density at radius 1 is 1.40 bits per heavy atom. The molecule has 0 aromatic heterocycles. The molecule has 4 heteroatoms. The molecule has 1 unspecified atom stereocenters. The molecule has 0 aliphatic heterocycles. The summed E-state index contributed by atoms with van der Waals surface area (Å²) in [5, 5.41) is 2.96. The molecular formula is C16H24N2O2. The second-order valence-electron chi connectivity index (χ2n) is 5.57. The fourth-order valence-electron chi connectivity index (χ4n) is 2.53. The molecule has 1 aliphatic carbocycles. The molecule has 110 valence electrons. The average Bonchev–Trinajstić information content (AvgIpc) is 2.45. The third-order valence-corrected chi connectivity index (χ3v) is 4.22. The summed E-state index contributed by atoms with van der Waals surface area (Å²) in [5.74, 6) is 0.0553. The Labute approximate surface area is 120 Å². The van der Waals surface area contributed by atoms with Crippen molar-refractivity contribution in [1.29, 1.82) is 0 Å². The molecule has 2 rings (SSSR count). The number of carbonyl (C=O) groups excluding carboxylic acids is 1. The number of ether oxygens (including phenoxy) is 1. The quantitative estimate of drug-likeness (QED) is 0.802. The van der Waals surface area contributed by atoms with Gasteiger partial charge >= 0.3 is 0 Å². The number of hydrogen-bond donors (Lipinski definition) is 2. The highest BCUT2D eigenvalue weighted by atomic mass is 16.5. The highest BCUT2D eigenvalue weighted by Gasteiger charge is 2.37. The van der Waals surface area contributed by atoms with E-state index in [1.807, 2.05) is 30.3 Å². The minimum Gasteiger partial charge on any atom is -0.376 e. The summed E-state index contributed by atoms with van der Waals surface area (Å²) in [5.41, 5.74) is 7.05. The van der Waals surface area contributed by atoms with Crippen LogP contribution in [0.2, 0.25) is 0 Å². The third-order valence-electron chi connectivity index (χ3n) is 4.22. The van der Waals surface area contributed by atoms with E-state index in [1.54, 1.807) is 7.11 Å². The second kappa shape index (κ2) is 6.86. The molecule has 0 heterocycles. The maximum absolute atomic E-state index is 11.9. The number of hydrogen-bond acceptors (Lipinski definition) is 3. The first-order chi connectivity index (χ1) is 9.65. The normalized spacial score (nSPS) is 18.1. The van der Waals surface area contributed by atoms with Crippen LogP contribution in [0.15, 0.2) is 30.3 Å². The minimum absolute atomic E-state index is 0.0553. The van der Waals surface area contributed by atoms with Crippen molar-refractivity contribution in [3.63, 3.8) is 0 Å². The zero-order chi connectivity index (χ0) is 14.4. The first-order valence-electron chi connectivity index (χ1n) is 7.28. The van der Waals surface area contributed by atoms with Crippen LogP contribution in [0.25, 0.3) is 0 Å². The van der Waals surface area contributed by atoms with E-state index in [-0.39, 0.29) is 17.6 Å². The Morgan fingerprint density at radius 3 is 2.65 bits per heavy atom. The molecule has 0 radical (unpaired) electrons. The minimum atomic E-state index is -0.114. The molecule has 1 atom stereocenters. The zero-order valence-corrected chi connectivity index (χ0v) is 12.1. The average molecular weight is 276 g/mol. The van der Waals surface area contributed by atoms with Crippen molar-refractivity contribution in [2.24, 2.45) is 5.73 Å². The van der Waals surface area contributed by atoms with Crippen LogP contribution in [0, 0.1) is 0 Å². The maximum Gasteiger partial charge on any atom is 0.220 e. The number of methoxy groups -OCH3 is 1. The fraction of sp³-hybridized carbons (Fsp3) is 0.562. The van der Waals surface area contributed by atoms with Gasteiger partial charge < -0.3 is 15.8 Å². The molecule has 0 spiro atoms. The zero-order valence-electron chi connectivity index (χ0n) is 12.1. The van der Waals surface area contributed by atoms with Gasteiger partial charge in [0.05, 0.1) is 5.60 Å². The Morgan fingerprint density at radius 2 is 2.10 bits per heavy atom. The lowest BCUT2D eigenvalue weighted by atomic mass is 9.80. The lowest BCUT2D eigenvalue weighted by Crippen LogP contribution is -2.49. The van der Waals surface area contributed by atoms with Crippen molar-refractivity contribution in [3.05, 3.63) is 35.9 Å². The molecular weight excluding hydrogens is 252 g/mol. The number of nitrogens with two attached hydrogens (primary N) is 1. The van der Waals surface area contributed by atoms with Gasteiger partial charge in [0, 0.05) is 26.1 Å². The molecule has 0 saturated heterocycles. The van der Waals surface area contributed by atoms with Gasteiger partial charge in [0.2, 0.25) is 5.91 Å². The summed E-state index contributed by atoms with van der Waals surface area (Å²) >= 11 is 0. The molecule has 1 aromatic rings. The van der Waals surface area contributed by atoms with Crippen LogP contribution in [0.3, 0.4) is 0 Å². The first-order valence-corrected chi connectivity index (χ1v) is 7.28. The Hall–Kier alpha value is -1.39. The van der Waals surface area contributed by atoms with Crippen molar-refractivity contribution in [3.8, 4) is 0 Å². The molecule has 0 bridgehead atoms. The predicted octanol–water partition coefficient (Wildman–Crippen LogP) is 2.15. The third kappa shape index (κ3) is 3.81. The van der Waals surface area contributed by atoms with Crippen LogP contribution in [0.1, 0.15) is 43.7 Å². The van der Waals surface area contributed by atoms with Gasteiger partial charge in [-0.15, -0.1) is 0 Å². The molecule has 1 amide bonds. The van der Waals surface area contributed by atoms with E-state index in [0.29, 0.717) is 19.4 Å². The summed E-state index contributed by atoms with van der Waals surface area (Å²) in [6.45, 7) is 0.614. The topological polar surface area (TPSA) is 64.3 Å².